The molecule has 5 rings (SSSR count). The first kappa shape index (κ1) is 25.9. The van der Waals surface area contributed by atoms with Crippen LogP contribution in [0.3, 0.4) is 0 Å². The van der Waals surface area contributed by atoms with Gasteiger partial charge in [-0.25, -0.2) is 9.18 Å². The average molecular weight is 518 g/mol. The number of carboxylic acid groups (broad SMARTS) is 1. The molecular weight excluding hydrogens is 485 g/mol. The number of hydrogen-bond acceptors (Lipinski definition) is 5. The molecule has 0 radical (unpaired) electrons. The fourth-order valence-electron chi connectivity index (χ4n) is 5.66. The number of nitrogens with one attached hydrogen (secondary N) is 1. The number of nitrogens with zero attached hydrogens (tertiary/aromatic N) is 2. The van der Waals surface area contributed by atoms with Crippen LogP contribution < -0.4 is 10.1 Å². The lowest BCUT2D eigenvalue weighted by molar-refractivity contribution is -0.117. The van der Waals surface area contributed by atoms with Crippen molar-refractivity contribution in [3.8, 4) is 11.5 Å². The van der Waals surface area contributed by atoms with Crippen molar-refractivity contribution in [1.82, 2.24) is 9.80 Å². The van der Waals surface area contributed by atoms with E-state index in [2.05, 4.69) is 15.1 Å². The Hall–Kier alpha value is -3.75. The second-order valence-electron chi connectivity index (χ2n) is 10.2. The standard InChI is InChI=1S/C30H32FN3O4/c1-33(19-29(35)32-22-9-13-27(14-10-22)38-26-5-3-2-4-6-26)25-16-23-11-12-24(17-25)34(23)18-21-8-7-20(30(36)37)15-28(21)31/h2-10,13-15,23-25H,11-12,16-19H2,1H3,(H,32,35)(H,36,37)/t23-,24+,25-. The molecule has 0 aliphatic carbocycles. The predicted molar refractivity (Wildman–Crippen MR) is 143 cm³/mol. The van der Waals surface area contributed by atoms with Gasteiger partial charge >= 0.3 is 5.97 Å². The topological polar surface area (TPSA) is 82.1 Å². The number of hydrogen-bond donors (Lipinski definition) is 2. The molecule has 1 amide bonds. The molecule has 2 saturated heterocycles. The summed E-state index contributed by atoms with van der Waals surface area (Å²) in [6.07, 6.45) is 3.93. The maximum Gasteiger partial charge on any atom is 0.335 e. The Morgan fingerprint density at radius 2 is 1.66 bits per heavy atom. The zero-order valence-electron chi connectivity index (χ0n) is 21.3. The van der Waals surface area contributed by atoms with Gasteiger partial charge in [-0.05, 0) is 81.3 Å². The highest BCUT2D eigenvalue weighted by Crippen LogP contribution is 2.38. The van der Waals surface area contributed by atoms with Crippen LogP contribution in [0.2, 0.25) is 0 Å². The van der Waals surface area contributed by atoms with E-state index in [1.807, 2.05) is 61.6 Å². The number of aromatic carboxylic acids is 1. The average Bonchev–Trinajstić information content (AvgIpc) is 3.12. The van der Waals surface area contributed by atoms with Crippen molar-refractivity contribution in [2.75, 3.05) is 18.9 Å². The molecular formula is C30H32FN3O4. The Morgan fingerprint density at radius 1 is 1.00 bits per heavy atom. The van der Waals surface area contributed by atoms with Crippen molar-refractivity contribution < 1.29 is 23.8 Å². The van der Waals surface area contributed by atoms with Crippen LogP contribution in [-0.4, -0.2) is 58.5 Å². The first-order chi connectivity index (χ1) is 18.4. The van der Waals surface area contributed by atoms with Crippen molar-refractivity contribution in [2.24, 2.45) is 0 Å². The lowest BCUT2D eigenvalue weighted by atomic mass is 9.95. The van der Waals surface area contributed by atoms with E-state index in [1.54, 1.807) is 6.07 Å². The maximum absolute atomic E-state index is 14.5. The third-order valence-corrected chi connectivity index (χ3v) is 7.65. The number of piperidine rings is 1. The van der Waals surface area contributed by atoms with Gasteiger partial charge in [0.15, 0.2) is 0 Å². The SMILES string of the molecule is CN(CC(=O)Nc1ccc(Oc2ccccc2)cc1)[C@@H]1C[C@H]2CC[C@@H](C1)N2Cc1ccc(C(=O)O)cc1F. The summed E-state index contributed by atoms with van der Waals surface area (Å²) in [6, 6.07) is 21.9. The molecule has 3 aromatic carbocycles. The number of halogens is 1. The fraction of sp³-hybridized carbons (Fsp3) is 0.333. The summed E-state index contributed by atoms with van der Waals surface area (Å²) in [4.78, 5) is 28.3. The first-order valence-corrected chi connectivity index (χ1v) is 13.0. The summed E-state index contributed by atoms with van der Waals surface area (Å²) < 4.78 is 20.3. The van der Waals surface area contributed by atoms with Gasteiger partial charge in [0.2, 0.25) is 5.91 Å². The zero-order valence-corrected chi connectivity index (χ0v) is 21.3. The van der Waals surface area contributed by atoms with Crippen molar-refractivity contribution in [1.29, 1.82) is 0 Å². The summed E-state index contributed by atoms with van der Waals surface area (Å²) in [6.45, 7) is 0.764. The van der Waals surface area contributed by atoms with Crippen LogP contribution in [0.25, 0.3) is 0 Å². The Balaban J connectivity index is 1.12. The fourth-order valence-corrected chi connectivity index (χ4v) is 5.66. The van der Waals surface area contributed by atoms with Gasteiger partial charge in [-0.15, -0.1) is 0 Å². The number of fused-ring (bicyclic) bond motifs is 2. The Bertz CT molecular complexity index is 1270. The van der Waals surface area contributed by atoms with E-state index in [1.165, 1.54) is 6.07 Å². The Morgan fingerprint density at radius 3 is 2.29 bits per heavy atom. The van der Waals surface area contributed by atoms with Crippen molar-refractivity contribution in [3.05, 3.63) is 89.7 Å². The lowest BCUT2D eigenvalue weighted by Gasteiger charge is -2.42. The number of para-hydroxylation sites is 1. The van der Waals surface area contributed by atoms with Gasteiger partial charge in [-0.1, -0.05) is 24.3 Å². The van der Waals surface area contributed by atoms with Crippen LogP contribution in [0.4, 0.5) is 10.1 Å². The van der Waals surface area contributed by atoms with Crippen molar-refractivity contribution in [2.45, 2.75) is 50.4 Å². The number of ether oxygens (including phenoxy) is 1. The number of likely N-dealkylation sites (N-methyl/N-ethyl adjacent to an activating group) is 1. The zero-order chi connectivity index (χ0) is 26.6. The molecule has 0 unspecified atom stereocenters. The largest absolute Gasteiger partial charge is 0.478 e. The molecule has 0 aromatic heterocycles. The van der Waals surface area contributed by atoms with Gasteiger partial charge in [-0.2, -0.15) is 0 Å². The van der Waals surface area contributed by atoms with E-state index in [9.17, 15) is 14.0 Å². The second kappa shape index (κ2) is 11.3. The Kier molecular flexibility index (Phi) is 7.72. The minimum absolute atomic E-state index is 0.0377. The van der Waals surface area contributed by atoms with Crippen LogP contribution in [-0.2, 0) is 11.3 Å². The molecule has 7 nitrogen and oxygen atoms in total. The highest BCUT2D eigenvalue weighted by Gasteiger charge is 2.42. The highest BCUT2D eigenvalue weighted by molar-refractivity contribution is 5.92. The highest BCUT2D eigenvalue weighted by atomic mass is 19.1. The van der Waals surface area contributed by atoms with E-state index < -0.39 is 11.8 Å². The number of benzene rings is 3. The monoisotopic (exact) mass is 517 g/mol. The molecule has 3 aromatic rings. The van der Waals surface area contributed by atoms with E-state index in [-0.39, 0.29) is 24.1 Å². The molecule has 0 spiro atoms. The second-order valence-corrected chi connectivity index (χ2v) is 10.2. The molecule has 0 saturated carbocycles. The Labute approximate surface area is 221 Å². The van der Waals surface area contributed by atoms with E-state index in [4.69, 9.17) is 9.84 Å². The maximum atomic E-state index is 14.5. The molecule has 3 atom stereocenters. The molecule has 2 fully saturated rings. The molecule has 2 aliphatic rings. The molecule has 2 aliphatic heterocycles. The summed E-state index contributed by atoms with van der Waals surface area (Å²) >= 11 is 0. The molecule has 8 heteroatoms. The van der Waals surface area contributed by atoms with Gasteiger partial charge in [0.1, 0.15) is 17.3 Å². The number of rotatable bonds is 9. The van der Waals surface area contributed by atoms with Gasteiger partial charge in [-0.3, -0.25) is 14.6 Å². The van der Waals surface area contributed by atoms with Crippen molar-refractivity contribution in [3.63, 3.8) is 0 Å². The number of carboxylic acids is 1. The number of amides is 1. The smallest absolute Gasteiger partial charge is 0.335 e. The van der Waals surface area contributed by atoms with Crippen LogP contribution in [0, 0.1) is 5.82 Å². The van der Waals surface area contributed by atoms with Crippen LogP contribution in [0.1, 0.15) is 41.6 Å². The first-order valence-electron chi connectivity index (χ1n) is 13.0. The number of anilines is 1. The van der Waals surface area contributed by atoms with Crippen LogP contribution >= 0.6 is 0 Å². The number of carbonyl (C=O) groups excluding carboxylic acids is 1. The molecule has 2 bridgehead atoms. The third-order valence-electron chi connectivity index (χ3n) is 7.65. The van der Waals surface area contributed by atoms with E-state index in [0.29, 0.717) is 29.9 Å². The van der Waals surface area contributed by atoms with Crippen molar-refractivity contribution >= 4 is 17.6 Å². The molecule has 2 N–H and O–H groups in total. The normalized spacial score (nSPS) is 20.9. The summed E-state index contributed by atoms with van der Waals surface area (Å²) in [5.41, 5.74) is 1.21. The van der Waals surface area contributed by atoms with Gasteiger partial charge < -0.3 is 15.2 Å². The summed E-state index contributed by atoms with van der Waals surface area (Å²) in [5.74, 6) is -0.213. The molecule has 2 heterocycles. The van der Waals surface area contributed by atoms with E-state index >= 15 is 0 Å². The predicted octanol–water partition coefficient (Wildman–Crippen LogP) is 5.38. The van der Waals surface area contributed by atoms with Crippen LogP contribution in [0.5, 0.6) is 11.5 Å². The van der Waals surface area contributed by atoms with Gasteiger partial charge in [0.25, 0.3) is 0 Å². The quantitative estimate of drug-likeness (QED) is 0.397. The minimum Gasteiger partial charge on any atom is -0.478 e. The summed E-state index contributed by atoms with van der Waals surface area (Å²) in [7, 11) is 1.99. The van der Waals surface area contributed by atoms with E-state index in [0.717, 1.165) is 43.2 Å². The van der Waals surface area contributed by atoms with Gasteiger partial charge in [0, 0.05) is 35.9 Å². The minimum atomic E-state index is -1.13. The lowest BCUT2D eigenvalue weighted by Crippen LogP contribution is -2.50. The van der Waals surface area contributed by atoms with Crippen LogP contribution in [0.15, 0.2) is 72.8 Å². The molecule has 38 heavy (non-hydrogen) atoms. The van der Waals surface area contributed by atoms with Gasteiger partial charge in [0.05, 0.1) is 12.1 Å². The third kappa shape index (κ3) is 6.03. The summed E-state index contributed by atoms with van der Waals surface area (Å²) in [5, 5.41) is 12.1. The number of carbonyl (C=O) groups is 2. The molecule has 198 valence electrons.